The first-order valence-corrected chi connectivity index (χ1v) is 11.4. The standard InChI is InChI=1S/C30H20N3/c1-17-19-10-4-3-9-18(19)15-24-25(17)29-27-28(31-16-32(29)2)21-12-6-5-11-20(21)26-22-13-7-8-14-23(22)33(24)30(26)27/h3-16H,1-2H3/q+1. The summed E-state index contributed by atoms with van der Waals surface area (Å²) in [7, 11) is 2.12. The monoisotopic (exact) mass is 422 g/mol. The predicted molar refractivity (Wildman–Crippen MR) is 137 cm³/mol. The number of aryl methyl sites for hydroxylation is 2. The maximum Gasteiger partial charge on any atom is 0.287 e. The number of hydrogen-bond acceptors (Lipinski definition) is 1. The highest BCUT2D eigenvalue weighted by Crippen LogP contribution is 2.45. The molecule has 0 amide bonds. The first-order valence-electron chi connectivity index (χ1n) is 11.4. The molecule has 3 heteroatoms. The van der Waals surface area contributed by atoms with Gasteiger partial charge in [0.1, 0.15) is 5.52 Å². The second-order valence-corrected chi connectivity index (χ2v) is 9.17. The Balaban J connectivity index is 1.90. The Morgan fingerprint density at radius 1 is 0.697 bits per heavy atom. The minimum atomic E-state index is 1.08. The fraction of sp³-hybridized carbons (Fsp3) is 0.0667. The van der Waals surface area contributed by atoms with E-state index in [0.29, 0.717) is 0 Å². The number of fused-ring (bicyclic) bond motifs is 10. The van der Waals surface area contributed by atoms with Gasteiger partial charge in [-0.2, -0.15) is 0 Å². The molecule has 0 saturated carbocycles. The molecular weight excluding hydrogens is 402 g/mol. The highest BCUT2D eigenvalue weighted by molar-refractivity contribution is 6.36. The summed E-state index contributed by atoms with van der Waals surface area (Å²) < 4.78 is 4.70. The lowest BCUT2D eigenvalue weighted by molar-refractivity contribution is -0.646. The highest BCUT2D eigenvalue weighted by atomic mass is 15.0. The molecule has 0 aliphatic rings. The van der Waals surface area contributed by atoms with Gasteiger partial charge in [-0.1, -0.05) is 60.7 Å². The summed E-state index contributed by atoms with van der Waals surface area (Å²) in [5.74, 6) is 0. The third-order valence-corrected chi connectivity index (χ3v) is 7.52. The van der Waals surface area contributed by atoms with Crippen LogP contribution in [0.5, 0.6) is 0 Å². The molecule has 3 aromatic heterocycles. The second kappa shape index (κ2) is 5.76. The summed E-state index contributed by atoms with van der Waals surface area (Å²) >= 11 is 0. The zero-order chi connectivity index (χ0) is 21.8. The van der Waals surface area contributed by atoms with E-state index in [1.807, 2.05) is 6.33 Å². The molecule has 0 saturated heterocycles. The smallest absolute Gasteiger partial charge is 0.287 e. The molecule has 0 atom stereocenters. The first kappa shape index (κ1) is 17.3. The van der Waals surface area contributed by atoms with E-state index < -0.39 is 0 Å². The highest BCUT2D eigenvalue weighted by Gasteiger charge is 2.27. The molecule has 0 aliphatic heterocycles. The van der Waals surface area contributed by atoms with Gasteiger partial charge in [0.15, 0.2) is 5.52 Å². The summed E-state index contributed by atoms with van der Waals surface area (Å²) in [5.41, 5.74) is 7.42. The molecule has 0 radical (unpaired) electrons. The molecular formula is C30H20N3+. The predicted octanol–water partition coefficient (Wildman–Crippen LogP) is 6.82. The molecule has 8 aromatic rings. The molecule has 154 valence electrons. The van der Waals surface area contributed by atoms with Crippen LogP contribution in [0.25, 0.3) is 70.7 Å². The summed E-state index contributed by atoms with van der Waals surface area (Å²) in [5, 5.41) is 10.2. The van der Waals surface area contributed by atoms with Gasteiger partial charge in [-0.05, 0) is 51.8 Å². The largest absolute Gasteiger partial charge is 0.307 e. The van der Waals surface area contributed by atoms with Crippen LogP contribution in [0, 0.1) is 6.92 Å². The van der Waals surface area contributed by atoms with Crippen molar-refractivity contribution in [2.75, 3.05) is 0 Å². The Hall–Kier alpha value is -4.24. The number of aromatic nitrogens is 3. The van der Waals surface area contributed by atoms with E-state index in [1.165, 1.54) is 70.7 Å². The van der Waals surface area contributed by atoms with Gasteiger partial charge in [-0.25, -0.2) is 4.57 Å². The molecule has 0 aliphatic carbocycles. The maximum absolute atomic E-state index is 4.98. The van der Waals surface area contributed by atoms with Crippen molar-refractivity contribution in [1.82, 2.24) is 9.38 Å². The van der Waals surface area contributed by atoms with Gasteiger partial charge >= 0.3 is 0 Å². The molecule has 0 bridgehead atoms. The second-order valence-electron chi connectivity index (χ2n) is 9.17. The Labute approximate surface area is 189 Å². The van der Waals surface area contributed by atoms with Crippen molar-refractivity contribution in [3.8, 4) is 0 Å². The van der Waals surface area contributed by atoms with Gasteiger partial charge in [-0.3, -0.25) is 0 Å². The van der Waals surface area contributed by atoms with E-state index in [9.17, 15) is 0 Å². The lowest BCUT2D eigenvalue weighted by Gasteiger charge is -2.15. The van der Waals surface area contributed by atoms with Crippen LogP contribution >= 0.6 is 0 Å². The lowest BCUT2D eigenvalue weighted by Crippen LogP contribution is -2.30. The van der Waals surface area contributed by atoms with Crippen molar-refractivity contribution in [2.24, 2.45) is 7.05 Å². The number of benzene rings is 5. The van der Waals surface area contributed by atoms with Crippen LogP contribution in [-0.4, -0.2) is 9.38 Å². The van der Waals surface area contributed by atoms with Gasteiger partial charge in [-0.15, -0.1) is 0 Å². The molecule has 5 aromatic carbocycles. The Bertz CT molecular complexity index is 2100. The number of para-hydroxylation sites is 1. The Morgan fingerprint density at radius 3 is 2.24 bits per heavy atom. The maximum atomic E-state index is 4.98. The van der Waals surface area contributed by atoms with E-state index in [4.69, 9.17) is 4.98 Å². The quantitative estimate of drug-likeness (QED) is 0.149. The van der Waals surface area contributed by atoms with Crippen LogP contribution in [0.3, 0.4) is 0 Å². The fourth-order valence-electron chi connectivity index (χ4n) is 6.18. The average Bonchev–Trinajstić information content (AvgIpc) is 3.21. The van der Waals surface area contributed by atoms with E-state index in [-0.39, 0.29) is 0 Å². The Kier molecular flexibility index (Phi) is 3.02. The molecule has 8 rings (SSSR count). The third-order valence-electron chi connectivity index (χ3n) is 7.52. The van der Waals surface area contributed by atoms with E-state index in [1.54, 1.807) is 0 Å². The van der Waals surface area contributed by atoms with Gasteiger partial charge in [0.05, 0.1) is 29.0 Å². The van der Waals surface area contributed by atoms with Crippen molar-refractivity contribution in [3.63, 3.8) is 0 Å². The summed E-state index contributed by atoms with van der Waals surface area (Å²) in [6.45, 7) is 2.27. The number of nitrogens with zero attached hydrogens (tertiary/aromatic N) is 3. The number of hydrogen-bond donors (Lipinski definition) is 0. The van der Waals surface area contributed by atoms with E-state index in [2.05, 4.69) is 102 Å². The van der Waals surface area contributed by atoms with Crippen LogP contribution in [0.4, 0.5) is 0 Å². The van der Waals surface area contributed by atoms with E-state index >= 15 is 0 Å². The van der Waals surface area contributed by atoms with Gasteiger partial charge in [0, 0.05) is 21.5 Å². The van der Waals surface area contributed by atoms with E-state index in [0.717, 1.165) is 5.52 Å². The topological polar surface area (TPSA) is 21.2 Å². The SMILES string of the molecule is Cc1c2ccccc2cc2c1c1c3c(nc[n+]1C)c1ccccc1c1c4ccccc4n2c13. The minimum Gasteiger partial charge on any atom is -0.307 e. The summed E-state index contributed by atoms with van der Waals surface area (Å²) in [6.07, 6.45) is 1.98. The Morgan fingerprint density at radius 2 is 1.39 bits per heavy atom. The van der Waals surface area contributed by atoms with Crippen molar-refractivity contribution in [3.05, 3.63) is 90.8 Å². The molecule has 0 fully saturated rings. The van der Waals surface area contributed by atoms with Crippen molar-refractivity contribution >= 4 is 70.7 Å². The number of rotatable bonds is 0. The van der Waals surface area contributed by atoms with Gasteiger partial charge in [0.25, 0.3) is 6.33 Å². The molecule has 0 spiro atoms. The molecule has 3 nitrogen and oxygen atoms in total. The summed E-state index contributed by atoms with van der Waals surface area (Å²) in [4.78, 5) is 4.98. The van der Waals surface area contributed by atoms with Crippen LogP contribution in [0.2, 0.25) is 0 Å². The molecule has 33 heavy (non-hydrogen) atoms. The summed E-state index contributed by atoms with van der Waals surface area (Å²) in [6, 6.07) is 28.7. The average molecular weight is 423 g/mol. The zero-order valence-corrected chi connectivity index (χ0v) is 18.4. The minimum absolute atomic E-state index is 1.08. The molecule has 0 unspecified atom stereocenters. The lowest BCUT2D eigenvalue weighted by atomic mass is 9.94. The van der Waals surface area contributed by atoms with Crippen molar-refractivity contribution < 1.29 is 4.57 Å². The molecule has 3 heterocycles. The van der Waals surface area contributed by atoms with Crippen molar-refractivity contribution in [1.29, 1.82) is 0 Å². The van der Waals surface area contributed by atoms with Gasteiger partial charge in [0.2, 0.25) is 0 Å². The first-order chi connectivity index (χ1) is 16.2. The van der Waals surface area contributed by atoms with Crippen LogP contribution in [0.1, 0.15) is 5.56 Å². The van der Waals surface area contributed by atoms with Crippen LogP contribution in [-0.2, 0) is 7.05 Å². The normalized spacial score (nSPS) is 12.5. The zero-order valence-electron chi connectivity index (χ0n) is 18.4. The number of pyridine rings is 1. The third kappa shape index (κ3) is 1.93. The van der Waals surface area contributed by atoms with Gasteiger partial charge < -0.3 is 4.40 Å². The van der Waals surface area contributed by atoms with Crippen LogP contribution in [0.15, 0.2) is 85.2 Å². The van der Waals surface area contributed by atoms with Crippen molar-refractivity contribution in [2.45, 2.75) is 6.92 Å². The van der Waals surface area contributed by atoms with Crippen LogP contribution < -0.4 is 4.57 Å². The molecule has 0 N–H and O–H groups in total. The fourth-order valence-corrected chi connectivity index (χ4v) is 6.18.